The number of nitrogens with one attached hydrogen (secondary N) is 2. The predicted molar refractivity (Wildman–Crippen MR) is 124 cm³/mol. The molecule has 0 spiro atoms. The number of hydrogen-bond acceptors (Lipinski definition) is 3. The van der Waals surface area contributed by atoms with Crippen LogP contribution in [0.5, 0.6) is 0 Å². The summed E-state index contributed by atoms with van der Waals surface area (Å²) in [6.45, 7) is 1.19. The Bertz CT molecular complexity index is 441. The molecule has 2 fully saturated rings. The summed E-state index contributed by atoms with van der Waals surface area (Å²) < 4.78 is 0. The van der Waals surface area contributed by atoms with E-state index in [0.29, 0.717) is 6.04 Å². The number of hydrogen-bond donors (Lipinski definition) is 2. The molecule has 0 saturated heterocycles. The van der Waals surface area contributed by atoms with E-state index in [1.165, 1.54) is 57.8 Å². The fraction of sp³-hybridized carbons (Fsp3) is 0.895. The molecule has 0 heterocycles. The molecule has 1 amide bonds. The first-order valence-corrected chi connectivity index (χ1v) is 11.1. The molecule has 2 saturated carbocycles. The third kappa shape index (κ3) is 8.67. The van der Waals surface area contributed by atoms with Gasteiger partial charge in [-0.2, -0.15) is 11.8 Å². The third-order valence-electron chi connectivity index (χ3n) is 5.45. The van der Waals surface area contributed by atoms with Crippen LogP contribution in [0.25, 0.3) is 0 Å². The van der Waals surface area contributed by atoms with Crippen molar-refractivity contribution in [2.75, 3.05) is 33.4 Å². The Morgan fingerprint density at radius 2 is 1.85 bits per heavy atom. The highest BCUT2D eigenvalue weighted by Crippen LogP contribution is 2.27. The van der Waals surface area contributed by atoms with Gasteiger partial charge in [-0.1, -0.05) is 25.7 Å². The van der Waals surface area contributed by atoms with Gasteiger partial charge in [-0.25, -0.2) is 4.99 Å². The van der Waals surface area contributed by atoms with E-state index in [-0.39, 0.29) is 36.4 Å². The number of guanidine groups is 1. The van der Waals surface area contributed by atoms with E-state index in [4.69, 9.17) is 0 Å². The maximum Gasteiger partial charge on any atom is 0.243 e. The number of amides is 1. The van der Waals surface area contributed by atoms with Gasteiger partial charge in [0, 0.05) is 31.9 Å². The fourth-order valence-corrected chi connectivity index (χ4v) is 4.58. The quantitative estimate of drug-likeness (QED) is 0.336. The molecular weight excluding hydrogens is 459 g/mol. The second kappa shape index (κ2) is 13.1. The Labute approximate surface area is 180 Å². The Hall–Kier alpha value is -0.180. The predicted octanol–water partition coefficient (Wildman–Crippen LogP) is 3.48. The monoisotopic (exact) mass is 496 g/mol. The van der Waals surface area contributed by atoms with Gasteiger partial charge < -0.3 is 15.5 Å². The number of halogens is 1. The lowest BCUT2D eigenvalue weighted by Crippen LogP contribution is -2.47. The molecule has 2 unspecified atom stereocenters. The molecule has 152 valence electrons. The molecule has 0 bridgehead atoms. The molecule has 2 aliphatic carbocycles. The Balaban J connectivity index is 0.00000338. The van der Waals surface area contributed by atoms with Gasteiger partial charge >= 0.3 is 0 Å². The van der Waals surface area contributed by atoms with Gasteiger partial charge in [0.1, 0.15) is 6.54 Å². The van der Waals surface area contributed by atoms with Crippen LogP contribution >= 0.6 is 35.7 Å². The summed E-state index contributed by atoms with van der Waals surface area (Å²) in [7, 11) is 3.56. The number of rotatable bonds is 6. The average molecular weight is 497 g/mol. The lowest BCUT2D eigenvalue weighted by atomic mass is 9.89. The molecule has 0 aromatic rings. The van der Waals surface area contributed by atoms with Crippen molar-refractivity contribution < 1.29 is 4.79 Å². The molecule has 2 N–H and O–H groups in total. The van der Waals surface area contributed by atoms with E-state index in [9.17, 15) is 4.79 Å². The van der Waals surface area contributed by atoms with Gasteiger partial charge in [0.2, 0.25) is 5.91 Å². The van der Waals surface area contributed by atoms with Gasteiger partial charge in [0.15, 0.2) is 5.96 Å². The lowest BCUT2D eigenvalue weighted by Gasteiger charge is -2.30. The van der Waals surface area contributed by atoms with E-state index in [2.05, 4.69) is 21.9 Å². The summed E-state index contributed by atoms with van der Waals surface area (Å²) >= 11 is 1.97. The maximum absolute atomic E-state index is 11.9. The van der Waals surface area contributed by atoms with Crippen molar-refractivity contribution in [1.82, 2.24) is 15.5 Å². The number of nitrogens with zero attached hydrogens (tertiary/aromatic N) is 2. The zero-order valence-corrected chi connectivity index (χ0v) is 19.8. The van der Waals surface area contributed by atoms with Crippen LogP contribution in [0.15, 0.2) is 4.99 Å². The van der Waals surface area contributed by atoms with E-state index in [0.717, 1.165) is 23.7 Å². The summed E-state index contributed by atoms with van der Waals surface area (Å²) in [5.74, 6) is 1.62. The first-order chi connectivity index (χ1) is 12.1. The Morgan fingerprint density at radius 1 is 1.12 bits per heavy atom. The normalized spacial score (nSPS) is 24.5. The summed E-state index contributed by atoms with van der Waals surface area (Å²) in [5.41, 5.74) is 0. The van der Waals surface area contributed by atoms with E-state index in [1.807, 2.05) is 11.8 Å². The van der Waals surface area contributed by atoms with Crippen molar-refractivity contribution in [2.24, 2.45) is 10.9 Å². The number of carbonyl (C=O) groups excluding carboxylic acids is 1. The molecule has 0 aromatic heterocycles. The van der Waals surface area contributed by atoms with Crippen molar-refractivity contribution in [2.45, 2.75) is 69.1 Å². The third-order valence-corrected chi connectivity index (χ3v) is 6.55. The van der Waals surface area contributed by atoms with Crippen LogP contribution in [-0.4, -0.2) is 61.5 Å². The lowest BCUT2D eigenvalue weighted by molar-refractivity contribution is -0.127. The molecule has 0 radical (unpaired) electrons. The van der Waals surface area contributed by atoms with Crippen molar-refractivity contribution in [3.8, 4) is 0 Å². The molecule has 2 rings (SSSR count). The van der Waals surface area contributed by atoms with Crippen LogP contribution < -0.4 is 10.6 Å². The summed E-state index contributed by atoms with van der Waals surface area (Å²) in [5, 5.41) is 7.88. The molecule has 5 nitrogen and oxygen atoms in total. The van der Waals surface area contributed by atoms with Crippen molar-refractivity contribution >= 4 is 47.6 Å². The van der Waals surface area contributed by atoms with Crippen molar-refractivity contribution in [3.63, 3.8) is 0 Å². The summed E-state index contributed by atoms with van der Waals surface area (Å²) in [4.78, 5) is 18.1. The number of carbonyl (C=O) groups is 1. The van der Waals surface area contributed by atoms with E-state index < -0.39 is 0 Å². The van der Waals surface area contributed by atoms with Crippen molar-refractivity contribution in [1.29, 1.82) is 0 Å². The van der Waals surface area contributed by atoms with Crippen LogP contribution in [0, 0.1) is 5.92 Å². The van der Waals surface area contributed by atoms with Crippen LogP contribution in [-0.2, 0) is 4.79 Å². The smallest absolute Gasteiger partial charge is 0.243 e. The standard InChI is InChI=1S/C19H36N4OS.HI/c1-23(2)18(24)14-21-19(20-13-15-8-5-4-6-9-15)22-16-10-7-11-17(12-16)25-3;/h15-17H,4-14H2,1-3H3,(H2,20,21,22);1H. The van der Waals surface area contributed by atoms with E-state index in [1.54, 1.807) is 19.0 Å². The summed E-state index contributed by atoms with van der Waals surface area (Å²) in [6.07, 6.45) is 13.9. The second-order valence-electron chi connectivity index (χ2n) is 7.70. The minimum atomic E-state index is 0. The summed E-state index contributed by atoms with van der Waals surface area (Å²) in [6, 6.07) is 0.471. The average Bonchev–Trinajstić information content (AvgIpc) is 2.64. The fourth-order valence-electron chi connectivity index (χ4n) is 3.76. The molecule has 2 aliphatic rings. The van der Waals surface area contributed by atoms with Gasteiger partial charge in [-0.15, -0.1) is 24.0 Å². The van der Waals surface area contributed by atoms with Crippen LogP contribution in [0.1, 0.15) is 57.8 Å². The highest BCUT2D eigenvalue weighted by molar-refractivity contribution is 14.0. The SMILES string of the molecule is CSC1CCCC(NC(=NCC(=O)N(C)C)NCC2CCCCC2)C1.I. The maximum atomic E-state index is 11.9. The molecule has 7 heteroatoms. The molecule has 0 aliphatic heterocycles. The Morgan fingerprint density at radius 3 is 2.50 bits per heavy atom. The van der Waals surface area contributed by atoms with Crippen LogP contribution in [0.3, 0.4) is 0 Å². The molecule has 0 aromatic carbocycles. The molecule has 2 atom stereocenters. The van der Waals surface area contributed by atoms with Crippen LogP contribution in [0.2, 0.25) is 0 Å². The van der Waals surface area contributed by atoms with Gasteiger partial charge in [0.05, 0.1) is 0 Å². The second-order valence-corrected chi connectivity index (χ2v) is 8.84. The Kier molecular flexibility index (Phi) is 12.0. The molecule has 26 heavy (non-hydrogen) atoms. The number of likely N-dealkylation sites (N-methyl/N-ethyl adjacent to an activating group) is 1. The van der Waals surface area contributed by atoms with Crippen LogP contribution in [0.4, 0.5) is 0 Å². The zero-order chi connectivity index (χ0) is 18.1. The number of thioether (sulfide) groups is 1. The largest absolute Gasteiger partial charge is 0.356 e. The number of aliphatic imine (C=N–C) groups is 1. The minimum absolute atomic E-state index is 0. The highest BCUT2D eigenvalue weighted by atomic mass is 127. The van der Waals surface area contributed by atoms with Gasteiger partial charge in [-0.05, 0) is 44.3 Å². The van der Waals surface area contributed by atoms with Gasteiger partial charge in [-0.3, -0.25) is 4.79 Å². The van der Waals surface area contributed by atoms with Crippen molar-refractivity contribution in [3.05, 3.63) is 0 Å². The topological polar surface area (TPSA) is 56.7 Å². The first kappa shape index (κ1) is 23.9. The zero-order valence-electron chi connectivity index (χ0n) is 16.6. The minimum Gasteiger partial charge on any atom is -0.356 e. The highest BCUT2D eigenvalue weighted by Gasteiger charge is 2.22. The van der Waals surface area contributed by atoms with Gasteiger partial charge in [0.25, 0.3) is 0 Å². The molecular formula is C19H37IN4OS. The van der Waals surface area contributed by atoms with E-state index >= 15 is 0 Å². The first-order valence-electron chi connectivity index (χ1n) is 9.86.